The molecule has 1 aliphatic rings. The van der Waals surface area contributed by atoms with Crippen LogP contribution in [-0.4, -0.2) is 44.2 Å². The lowest BCUT2D eigenvalue weighted by Crippen LogP contribution is -2.36. The van der Waals surface area contributed by atoms with Gasteiger partial charge in [0.25, 0.3) is 0 Å². The Balaban J connectivity index is 1.58. The van der Waals surface area contributed by atoms with Crippen LogP contribution in [0, 0.1) is 0 Å². The standard InChI is InChI=1S/C20H22Cl2N2O2/c1-23(20(25)12-16-4-5-17(21)13-19(16)22)14-15-2-6-18(7-3-15)24-8-10-26-11-9-24/h2-7,13H,8-12,14H2,1H3. The zero-order chi connectivity index (χ0) is 18.5. The first kappa shape index (κ1) is 19.0. The van der Waals surface area contributed by atoms with Gasteiger partial charge in [-0.3, -0.25) is 4.79 Å². The van der Waals surface area contributed by atoms with Crippen molar-refractivity contribution in [1.29, 1.82) is 0 Å². The minimum atomic E-state index is 0.0199. The number of carbonyl (C=O) groups excluding carboxylic acids is 1. The summed E-state index contributed by atoms with van der Waals surface area (Å²) in [5.41, 5.74) is 3.08. The van der Waals surface area contributed by atoms with Crippen LogP contribution in [0.3, 0.4) is 0 Å². The highest BCUT2D eigenvalue weighted by Gasteiger charge is 2.14. The summed E-state index contributed by atoms with van der Waals surface area (Å²) in [4.78, 5) is 16.5. The zero-order valence-electron chi connectivity index (χ0n) is 14.8. The van der Waals surface area contributed by atoms with E-state index in [1.54, 1.807) is 23.1 Å². The maximum Gasteiger partial charge on any atom is 0.227 e. The van der Waals surface area contributed by atoms with Crippen molar-refractivity contribution in [3.8, 4) is 0 Å². The quantitative estimate of drug-likeness (QED) is 0.769. The predicted molar refractivity (Wildman–Crippen MR) is 106 cm³/mol. The molecule has 1 amide bonds. The number of hydrogen-bond donors (Lipinski definition) is 0. The Morgan fingerprint density at radius 1 is 1.12 bits per heavy atom. The van der Waals surface area contributed by atoms with Gasteiger partial charge in [0.15, 0.2) is 0 Å². The molecule has 3 rings (SSSR count). The SMILES string of the molecule is CN(Cc1ccc(N2CCOCC2)cc1)C(=O)Cc1ccc(Cl)cc1Cl. The van der Waals surface area contributed by atoms with Crippen LogP contribution < -0.4 is 4.90 Å². The van der Waals surface area contributed by atoms with Crippen molar-refractivity contribution in [2.24, 2.45) is 0 Å². The van der Waals surface area contributed by atoms with Crippen molar-refractivity contribution in [2.75, 3.05) is 38.3 Å². The molecular formula is C20H22Cl2N2O2. The van der Waals surface area contributed by atoms with Gasteiger partial charge in [-0.1, -0.05) is 41.4 Å². The number of anilines is 1. The number of amides is 1. The number of likely N-dealkylation sites (N-methyl/N-ethyl adjacent to an activating group) is 1. The Morgan fingerprint density at radius 3 is 2.46 bits per heavy atom. The average Bonchev–Trinajstić information content (AvgIpc) is 2.65. The lowest BCUT2D eigenvalue weighted by molar-refractivity contribution is -0.129. The minimum absolute atomic E-state index is 0.0199. The number of benzene rings is 2. The van der Waals surface area contributed by atoms with E-state index in [1.807, 2.05) is 7.05 Å². The van der Waals surface area contributed by atoms with Crippen LogP contribution in [0.2, 0.25) is 10.0 Å². The Bertz CT molecular complexity index is 759. The molecule has 138 valence electrons. The van der Waals surface area contributed by atoms with Gasteiger partial charge in [-0.15, -0.1) is 0 Å². The van der Waals surface area contributed by atoms with E-state index in [-0.39, 0.29) is 12.3 Å². The molecule has 1 heterocycles. The monoisotopic (exact) mass is 392 g/mol. The zero-order valence-corrected chi connectivity index (χ0v) is 16.3. The average molecular weight is 393 g/mol. The van der Waals surface area contributed by atoms with E-state index >= 15 is 0 Å². The molecule has 4 nitrogen and oxygen atoms in total. The number of hydrogen-bond acceptors (Lipinski definition) is 3. The number of rotatable bonds is 5. The van der Waals surface area contributed by atoms with Gasteiger partial charge in [0.2, 0.25) is 5.91 Å². The molecule has 0 aromatic heterocycles. The number of nitrogens with zero attached hydrogens (tertiary/aromatic N) is 2. The molecule has 6 heteroatoms. The van der Waals surface area contributed by atoms with Crippen LogP contribution in [0.5, 0.6) is 0 Å². The number of carbonyl (C=O) groups is 1. The van der Waals surface area contributed by atoms with Crippen molar-refractivity contribution < 1.29 is 9.53 Å². The molecule has 0 atom stereocenters. The van der Waals surface area contributed by atoms with Crippen molar-refractivity contribution in [3.05, 3.63) is 63.6 Å². The number of morpholine rings is 1. The molecule has 0 bridgehead atoms. The molecule has 0 aliphatic carbocycles. The molecule has 1 fully saturated rings. The third-order valence-corrected chi connectivity index (χ3v) is 5.10. The normalized spacial score (nSPS) is 14.3. The predicted octanol–water partition coefficient (Wildman–Crippen LogP) is 4.03. The second-order valence-electron chi connectivity index (χ2n) is 6.43. The van der Waals surface area contributed by atoms with Crippen molar-refractivity contribution in [2.45, 2.75) is 13.0 Å². The van der Waals surface area contributed by atoms with Gasteiger partial charge in [-0.2, -0.15) is 0 Å². The molecule has 26 heavy (non-hydrogen) atoms. The third-order valence-electron chi connectivity index (χ3n) is 4.51. The highest BCUT2D eigenvalue weighted by Crippen LogP contribution is 2.22. The maximum absolute atomic E-state index is 12.5. The summed E-state index contributed by atoms with van der Waals surface area (Å²) in [6.07, 6.45) is 0.262. The Kier molecular flexibility index (Phi) is 6.41. The van der Waals surface area contributed by atoms with E-state index in [4.69, 9.17) is 27.9 Å². The van der Waals surface area contributed by atoms with Gasteiger partial charge in [0, 0.05) is 42.4 Å². The Labute approximate surface area is 164 Å². The molecule has 0 N–H and O–H groups in total. The number of ether oxygens (including phenoxy) is 1. The second-order valence-corrected chi connectivity index (χ2v) is 7.27. The summed E-state index contributed by atoms with van der Waals surface area (Å²) in [6, 6.07) is 13.6. The molecule has 0 saturated carbocycles. The van der Waals surface area contributed by atoms with Crippen LogP contribution in [0.1, 0.15) is 11.1 Å². The second kappa shape index (κ2) is 8.76. The maximum atomic E-state index is 12.5. The fraction of sp³-hybridized carbons (Fsp3) is 0.350. The van der Waals surface area contributed by atoms with Crippen LogP contribution in [-0.2, 0) is 22.5 Å². The number of halogens is 2. The molecule has 0 unspecified atom stereocenters. The molecule has 1 aliphatic heterocycles. The lowest BCUT2D eigenvalue weighted by atomic mass is 10.1. The first-order chi connectivity index (χ1) is 12.5. The van der Waals surface area contributed by atoms with Gasteiger partial charge < -0.3 is 14.5 Å². The third kappa shape index (κ3) is 4.91. The lowest BCUT2D eigenvalue weighted by Gasteiger charge is -2.29. The van der Waals surface area contributed by atoms with Gasteiger partial charge in [-0.25, -0.2) is 0 Å². The summed E-state index contributed by atoms with van der Waals surface area (Å²) in [7, 11) is 1.81. The van der Waals surface area contributed by atoms with Crippen molar-refractivity contribution >= 4 is 34.8 Å². The van der Waals surface area contributed by atoms with E-state index in [1.165, 1.54) is 5.69 Å². The Morgan fingerprint density at radius 2 is 1.81 bits per heavy atom. The first-order valence-corrected chi connectivity index (χ1v) is 9.38. The van der Waals surface area contributed by atoms with Crippen LogP contribution in [0.4, 0.5) is 5.69 Å². The molecule has 1 saturated heterocycles. The summed E-state index contributed by atoms with van der Waals surface area (Å²) in [6.45, 7) is 3.94. The van der Waals surface area contributed by atoms with E-state index in [9.17, 15) is 4.79 Å². The summed E-state index contributed by atoms with van der Waals surface area (Å²) in [5, 5.41) is 1.09. The highest BCUT2D eigenvalue weighted by atomic mass is 35.5. The van der Waals surface area contributed by atoms with E-state index in [0.717, 1.165) is 37.4 Å². The van der Waals surface area contributed by atoms with Crippen LogP contribution in [0.25, 0.3) is 0 Å². The van der Waals surface area contributed by atoms with Gasteiger partial charge in [0.05, 0.1) is 19.6 Å². The minimum Gasteiger partial charge on any atom is -0.378 e. The summed E-state index contributed by atoms with van der Waals surface area (Å²) in [5.74, 6) is 0.0199. The van der Waals surface area contributed by atoms with Crippen LogP contribution in [0.15, 0.2) is 42.5 Å². The molecule has 2 aromatic carbocycles. The van der Waals surface area contributed by atoms with Crippen molar-refractivity contribution in [3.63, 3.8) is 0 Å². The van der Waals surface area contributed by atoms with Gasteiger partial charge >= 0.3 is 0 Å². The first-order valence-electron chi connectivity index (χ1n) is 8.62. The van der Waals surface area contributed by atoms with E-state index in [2.05, 4.69) is 29.2 Å². The molecule has 0 spiro atoms. The van der Waals surface area contributed by atoms with E-state index in [0.29, 0.717) is 16.6 Å². The largest absolute Gasteiger partial charge is 0.378 e. The molecular weight excluding hydrogens is 371 g/mol. The topological polar surface area (TPSA) is 32.8 Å². The van der Waals surface area contributed by atoms with Crippen molar-refractivity contribution in [1.82, 2.24) is 4.90 Å². The summed E-state index contributed by atoms with van der Waals surface area (Å²) < 4.78 is 5.39. The van der Waals surface area contributed by atoms with E-state index < -0.39 is 0 Å². The summed E-state index contributed by atoms with van der Waals surface area (Å²) >= 11 is 12.1. The molecule has 0 radical (unpaired) electrons. The fourth-order valence-electron chi connectivity index (χ4n) is 2.96. The van der Waals surface area contributed by atoms with Crippen LogP contribution >= 0.6 is 23.2 Å². The fourth-order valence-corrected chi connectivity index (χ4v) is 3.43. The smallest absolute Gasteiger partial charge is 0.227 e. The molecule has 2 aromatic rings. The Hall–Kier alpha value is -1.75. The van der Waals surface area contributed by atoms with Gasteiger partial charge in [0.1, 0.15) is 0 Å². The highest BCUT2D eigenvalue weighted by molar-refractivity contribution is 6.35. The van der Waals surface area contributed by atoms with Gasteiger partial charge in [-0.05, 0) is 35.4 Å².